The number of hydrogen-bond acceptors (Lipinski definition) is 4. The third kappa shape index (κ3) is 8.24. The van der Waals surface area contributed by atoms with E-state index >= 15 is 0 Å². The highest BCUT2D eigenvalue weighted by Gasteiger charge is 2.19. The van der Waals surface area contributed by atoms with Gasteiger partial charge >= 0.3 is 6.09 Å². The van der Waals surface area contributed by atoms with Gasteiger partial charge in [0.25, 0.3) is 0 Å². The van der Waals surface area contributed by atoms with Crippen LogP contribution in [-0.2, 0) is 16.0 Å². The second kappa shape index (κ2) is 9.18. The Morgan fingerprint density at radius 1 is 1.26 bits per heavy atom. The first-order valence-electron chi connectivity index (χ1n) is 8.00. The van der Waals surface area contributed by atoms with Crippen molar-refractivity contribution < 1.29 is 19.1 Å². The van der Waals surface area contributed by atoms with Crippen molar-refractivity contribution in [3.63, 3.8) is 0 Å². The number of amides is 1. The number of unbranched alkanes of at least 4 members (excludes halogenated alkanes) is 1. The van der Waals surface area contributed by atoms with Crippen molar-refractivity contribution in [3.8, 4) is 5.75 Å². The normalized spacial score (nSPS) is 12.3. The molecule has 1 aromatic carbocycles. The number of hydrogen-bond donors (Lipinski definition) is 1. The molecule has 0 radical (unpaired) electrons. The summed E-state index contributed by atoms with van der Waals surface area (Å²) in [7, 11) is 0. The maximum atomic E-state index is 11.7. The number of alkyl carbamates (subject to hydrolysis) is 1. The van der Waals surface area contributed by atoms with Gasteiger partial charge in [-0.3, -0.25) is 0 Å². The number of carbonyl (C=O) groups is 2. The zero-order chi connectivity index (χ0) is 17.3. The lowest BCUT2D eigenvalue weighted by Crippen LogP contribution is -2.41. The Hall–Kier alpha value is -2.04. The summed E-state index contributed by atoms with van der Waals surface area (Å²) in [5, 5.41) is 2.57. The van der Waals surface area contributed by atoms with Crippen molar-refractivity contribution in [2.24, 2.45) is 0 Å². The average molecular weight is 321 g/mol. The highest BCUT2D eigenvalue weighted by atomic mass is 16.6. The molecule has 5 heteroatoms. The van der Waals surface area contributed by atoms with E-state index in [1.54, 1.807) is 20.8 Å². The first-order chi connectivity index (χ1) is 10.8. The second-order valence-electron chi connectivity index (χ2n) is 6.44. The number of nitrogens with one attached hydrogen (secondary N) is 1. The van der Waals surface area contributed by atoms with Gasteiger partial charge in [-0.1, -0.05) is 25.5 Å². The summed E-state index contributed by atoms with van der Waals surface area (Å²) in [6.07, 6.45) is 2.66. The Bertz CT molecular complexity index is 491. The fourth-order valence-electron chi connectivity index (χ4n) is 1.90. The maximum absolute atomic E-state index is 11.7. The third-order valence-corrected chi connectivity index (χ3v) is 3.01. The maximum Gasteiger partial charge on any atom is 0.408 e. The van der Waals surface area contributed by atoms with E-state index in [4.69, 9.17) is 9.47 Å². The molecular weight excluding hydrogens is 294 g/mol. The van der Waals surface area contributed by atoms with Gasteiger partial charge in [0.15, 0.2) is 0 Å². The van der Waals surface area contributed by atoms with E-state index in [0.717, 1.165) is 30.4 Å². The molecule has 0 unspecified atom stereocenters. The van der Waals surface area contributed by atoms with Crippen LogP contribution in [0, 0.1) is 0 Å². The Balaban J connectivity index is 2.52. The van der Waals surface area contributed by atoms with Crippen molar-refractivity contribution in [2.45, 2.75) is 58.6 Å². The van der Waals surface area contributed by atoms with E-state index in [1.807, 2.05) is 24.3 Å². The minimum Gasteiger partial charge on any atom is -0.494 e. The molecule has 0 saturated heterocycles. The molecule has 0 aliphatic rings. The minimum absolute atomic E-state index is 0.415. The van der Waals surface area contributed by atoms with Gasteiger partial charge in [0.05, 0.1) is 12.6 Å². The third-order valence-electron chi connectivity index (χ3n) is 3.01. The van der Waals surface area contributed by atoms with Crippen LogP contribution in [0.4, 0.5) is 4.79 Å². The summed E-state index contributed by atoms with van der Waals surface area (Å²) in [5.41, 5.74) is 0.357. The van der Waals surface area contributed by atoms with Gasteiger partial charge < -0.3 is 19.6 Å². The molecule has 1 N–H and O–H groups in total. The van der Waals surface area contributed by atoms with Crippen LogP contribution in [0.2, 0.25) is 0 Å². The van der Waals surface area contributed by atoms with Gasteiger partial charge in [-0.2, -0.15) is 0 Å². The zero-order valence-corrected chi connectivity index (χ0v) is 14.4. The summed E-state index contributed by atoms with van der Waals surface area (Å²) in [5.74, 6) is 0.810. The Kier molecular flexibility index (Phi) is 7.59. The van der Waals surface area contributed by atoms with E-state index in [-0.39, 0.29) is 0 Å². The molecule has 1 rings (SSSR count). The summed E-state index contributed by atoms with van der Waals surface area (Å²) < 4.78 is 10.7. The van der Waals surface area contributed by atoms with Crippen molar-refractivity contribution in [2.75, 3.05) is 6.61 Å². The molecule has 5 nitrogen and oxygen atoms in total. The number of benzene rings is 1. The fraction of sp³-hybridized carbons (Fsp3) is 0.556. The fourth-order valence-corrected chi connectivity index (χ4v) is 1.90. The topological polar surface area (TPSA) is 64.6 Å². The number of ether oxygens (including phenoxy) is 2. The van der Waals surface area contributed by atoms with Crippen LogP contribution in [0.5, 0.6) is 5.75 Å². The van der Waals surface area contributed by atoms with Crippen LogP contribution >= 0.6 is 0 Å². The molecule has 0 saturated carbocycles. The lowest BCUT2D eigenvalue weighted by Gasteiger charge is -2.21. The highest BCUT2D eigenvalue weighted by Crippen LogP contribution is 2.14. The number of carbonyl (C=O) groups excluding carboxylic acids is 2. The second-order valence-corrected chi connectivity index (χ2v) is 6.44. The number of aldehydes is 1. The van der Waals surface area contributed by atoms with E-state index < -0.39 is 17.7 Å². The van der Waals surface area contributed by atoms with Crippen LogP contribution in [0.1, 0.15) is 46.1 Å². The van der Waals surface area contributed by atoms with Gasteiger partial charge in [0.2, 0.25) is 0 Å². The molecule has 1 amide bonds. The van der Waals surface area contributed by atoms with Gasteiger partial charge in [0, 0.05) is 0 Å². The van der Waals surface area contributed by atoms with Crippen molar-refractivity contribution in [1.29, 1.82) is 0 Å². The summed E-state index contributed by atoms with van der Waals surface area (Å²) >= 11 is 0. The molecule has 0 aliphatic heterocycles. The highest BCUT2D eigenvalue weighted by molar-refractivity contribution is 5.73. The Morgan fingerprint density at radius 2 is 1.91 bits per heavy atom. The Morgan fingerprint density at radius 3 is 2.43 bits per heavy atom. The first kappa shape index (κ1) is 19.0. The lowest BCUT2D eigenvalue weighted by atomic mass is 10.1. The van der Waals surface area contributed by atoms with E-state index in [9.17, 15) is 9.59 Å². The molecular formula is C18H27NO4. The molecule has 0 bridgehead atoms. The quantitative estimate of drug-likeness (QED) is 0.588. The van der Waals surface area contributed by atoms with Crippen molar-refractivity contribution >= 4 is 12.4 Å². The van der Waals surface area contributed by atoms with Crippen LogP contribution in [0.3, 0.4) is 0 Å². The molecule has 0 heterocycles. The van der Waals surface area contributed by atoms with Crippen molar-refractivity contribution in [3.05, 3.63) is 29.8 Å². The molecule has 0 spiro atoms. The SMILES string of the molecule is CCCCOc1ccc(C[C@@H](C=O)NC(=O)OC(C)(C)C)cc1. The summed E-state index contributed by atoms with van der Waals surface area (Å²) in [6, 6.07) is 6.93. The van der Waals surface area contributed by atoms with Gasteiger partial charge in [-0.25, -0.2) is 4.79 Å². The lowest BCUT2D eigenvalue weighted by molar-refractivity contribution is -0.109. The van der Waals surface area contributed by atoms with E-state index in [2.05, 4.69) is 12.2 Å². The Labute approximate surface area is 138 Å². The van der Waals surface area contributed by atoms with Crippen LogP contribution in [-0.4, -0.2) is 30.6 Å². The monoisotopic (exact) mass is 321 g/mol. The zero-order valence-electron chi connectivity index (χ0n) is 14.4. The van der Waals surface area contributed by atoms with Crippen LogP contribution in [0.15, 0.2) is 24.3 Å². The predicted octanol–water partition coefficient (Wildman–Crippen LogP) is 3.50. The first-order valence-corrected chi connectivity index (χ1v) is 8.00. The smallest absolute Gasteiger partial charge is 0.408 e. The minimum atomic E-state index is -0.614. The van der Waals surface area contributed by atoms with Crippen molar-refractivity contribution in [1.82, 2.24) is 5.32 Å². The molecule has 0 fully saturated rings. The van der Waals surface area contributed by atoms with E-state index in [1.165, 1.54) is 0 Å². The standard InChI is InChI=1S/C18H27NO4/c1-5-6-11-22-16-9-7-14(8-10-16)12-15(13-20)19-17(21)23-18(2,3)4/h7-10,13,15H,5-6,11-12H2,1-4H3,(H,19,21)/t15-/m0/s1. The van der Waals surface area contributed by atoms with Gasteiger partial charge in [-0.15, -0.1) is 0 Å². The molecule has 0 aromatic heterocycles. The molecule has 128 valence electrons. The predicted molar refractivity (Wildman–Crippen MR) is 89.8 cm³/mol. The average Bonchev–Trinajstić information content (AvgIpc) is 2.46. The largest absolute Gasteiger partial charge is 0.494 e. The molecule has 1 atom stereocenters. The number of rotatable bonds is 8. The molecule has 1 aromatic rings. The van der Waals surface area contributed by atoms with Gasteiger partial charge in [0.1, 0.15) is 17.6 Å². The molecule has 23 heavy (non-hydrogen) atoms. The van der Waals surface area contributed by atoms with Crippen LogP contribution in [0.25, 0.3) is 0 Å². The van der Waals surface area contributed by atoms with Gasteiger partial charge in [-0.05, 0) is 51.3 Å². The van der Waals surface area contributed by atoms with Crippen LogP contribution < -0.4 is 10.1 Å². The van der Waals surface area contributed by atoms with E-state index in [0.29, 0.717) is 13.0 Å². The summed E-state index contributed by atoms with van der Waals surface area (Å²) in [6.45, 7) is 8.15. The summed E-state index contributed by atoms with van der Waals surface area (Å²) in [4.78, 5) is 22.9. The molecule has 0 aliphatic carbocycles.